The van der Waals surface area contributed by atoms with Crippen LogP contribution in [0.5, 0.6) is 0 Å². The molecule has 2 aromatic carbocycles. The second-order valence-electron chi connectivity index (χ2n) is 7.10. The van der Waals surface area contributed by atoms with E-state index in [4.69, 9.17) is 16.0 Å². The molecule has 4 rings (SSSR count). The Balaban J connectivity index is 1.60. The van der Waals surface area contributed by atoms with Crippen molar-refractivity contribution in [3.05, 3.63) is 64.4 Å². The lowest BCUT2D eigenvalue weighted by Crippen LogP contribution is -2.27. The number of hydrogen-bond donors (Lipinski definition) is 1. The summed E-state index contributed by atoms with van der Waals surface area (Å²) in [5.74, 6) is -0.203. The highest BCUT2D eigenvalue weighted by molar-refractivity contribution is 7.89. The van der Waals surface area contributed by atoms with Crippen molar-refractivity contribution in [2.45, 2.75) is 31.2 Å². The van der Waals surface area contributed by atoms with Gasteiger partial charge in [-0.3, -0.25) is 4.79 Å². The zero-order valence-corrected chi connectivity index (χ0v) is 17.5. The zero-order valence-electron chi connectivity index (χ0n) is 15.9. The molecule has 0 radical (unpaired) electrons. The Labute approximate surface area is 174 Å². The average Bonchev–Trinajstić information content (AvgIpc) is 3.36. The molecule has 3 aromatic rings. The molecular formula is C21H21ClN2O4S. The van der Waals surface area contributed by atoms with Crippen LogP contribution < -0.4 is 5.32 Å². The van der Waals surface area contributed by atoms with Gasteiger partial charge in [-0.1, -0.05) is 29.8 Å². The summed E-state index contributed by atoms with van der Waals surface area (Å²) in [6, 6.07) is 12.0. The second kappa shape index (κ2) is 7.82. The van der Waals surface area contributed by atoms with Gasteiger partial charge in [0.05, 0.1) is 4.90 Å². The molecule has 1 aliphatic heterocycles. The number of sulfonamides is 1. The van der Waals surface area contributed by atoms with E-state index in [1.54, 1.807) is 25.1 Å². The molecule has 0 atom stereocenters. The molecule has 1 N–H and O–H groups in total. The molecule has 0 spiro atoms. The number of halogens is 1. The number of benzene rings is 2. The van der Waals surface area contributed by atoms with Crippen LogP contribution >= 0.6 is 11.6 Å². The van der Waals surface area contributed by atoms with Gasteiger partial charge < -0.3 is 9.73 Å². The highest BCUT2D eigenvalue weighted by Gasteiger charge is 2.28. The van der Waals surface area contributed by atoms with Crippen LogP contribution in [0, 0.1) is 6.92 Å². The van der Waals surface area contributed by atoms with Crippen LogP contribution in [0.2, 0.25) is 5.02 Å². The highest BCUT2D eigenvalue weighted by Crippen LogP contribution is 2.30. The van der Waals surface area contributed by atoms with Crippen molar-refractivity contribution >= 4 is 38.5 Å². The van der Waals surface area contributed by atoms with Crippen molar-refractivity contribution in [2.75, 3.05) is 13.1 Å². The number of aryl methyl sites for hydroxylation is 1. The van der Waals surface area contributed by atoms with Gasteiger partial charge in [0.2, 0.25) is 10.0 Å². The second-order valence-corrected chi connectivity index (χ2v) is 9.44. The molecule has 2 heterocycles. The number of amides is 1. The maximum Gasteiger partial charge on any atom is 0.287 e. The first-order valence-electron chi connectivity index (χ1n) is 9.43. The number of furan rings is 1. The number of hydrogen-bond acceptors (Lipinski definition) is 4. The van der Waals surface area contributed by atoms with Crippen LogP contribution in [0.4, 0.5) is 0 Å². The summed E-state index contributed by atoms with van der Waals surface area (Å²) in [5.41, 5.74) is 1.89. The van der Waals surface area contributed by atoms with E-state index in [9.17, 15) is 13.2 Å². The van der Waals surface area contributed by atoms with Crippen LogP contribution in [-0.2, 0) is 16.6 Å². The molecular weight excluding hydrogens is 412 g/mol. The predicted molar refractivity (Wildman–Crippen MR) is 112 cm³/mol. The SMILES string of the molecule is Cc1c(C(=O)NCc2ccccc2Cl)oc2ccc(S(=O)(=O)N3CCCC3)cc12. The lowest BCUT2D eigenvalue weighted by molar-refractivity contribution is 0.0924. The van der Waals surface area contributed by atoms with Crippen LogP contribution in [0.1, 0.15) is 34.5 Å². The number of carbonyl (C=O) groups excluding carboxylic acids is 1. The molecule has 0 saturated carbocycles. The van der Waals surface area contributed by atoms with Gasteiger partial charge in [-0.2, -0.15) is 4.31 Å². The maximum absolute atomic E-state index is 12.8. The van der Waals surface area contributed by atoms with E-state index in [-0.39, 0.29) is 23.1 Å². The number of nitrogens with zero attached hydrogens (tertiary/aromatic N) is 1. The van der Waals surface area contributed by atoms with Gasteiger partial charge in [0.1, 0.15) is 5.58 Å². The number of fused-ring (bicyclic) bond motifs is 1. The average molecular weight is 433 g/mol. The Morgan fingerprint density at radius 1 is 1.17 bits per heavy atom. The van der Waals surface area contributed by atoms with Crippen LogP contribution in [0.3, 0.4) is 0 Å². The highest BCUT2D eigenvalue weighted by atomic mass is 35.5. The first kappa shape index (κ1) is 19.9. The summed E-state index contributed by atoms with van der Waals surface area (Å²) >= 11 is 6.13. The smallest absolute Gasteiger partial charge is 0.287 e. The zero-order chi connectivity index (χ0) is 20.6. The molecule has 0 unspecified atom stereocenters. The van der Waals surface area contributed by atoms with Crippen molar-refractivity contribution in [3.8, 4) is 0 Å². The lowest BCUT2D eigenvalue weighted by Gasteiger charge is -2.15. The van der Waals surface area contributed by atoms with E-state index in [0.717, 1.165) is 18.4 Å². The first-order valence-corrected chi connectivity index (χ1v) is 11.2. The Hall–Kier alpha value is -2.35. The van der Waals surface area contributed by atoms with Gasteiger partial charge in [-0.05, 0) is 49.6 Å². The van der Waals surface area contributed by atoms with Gasteiger partial charge in [-0.25, -0.2) is 8.42 Å². The minimum atomic E-state index is -3.53. The molecule has 0 aliphatic carbocycles. The minimum Gasteiger partial charge on any atom is -0.451 e. The summed E-state index contributed by atoms with van der Waals surface area (Å²) < 4.78 is 32.9. The molecule has 152 valence electrons. The number of rotatable bonds is 5. The molecule has 1 saturated heterocycles. The van der Waals surface area contributed by atoms with Crippen molar-refractivity contribution in [3.63, 3.8) is 0 Å². The third-order valence-corrected chi connectivity index (χ3v) is 7.48. The number of nitrogens with one attached hydrogen (secondary N) is 1. The van der Waals surface area contributed by atoms with Gasteiger partial charge in [0.25, 0.3) is 5.91 Å². The summed E-state index contributed by atoms with van der Waals surface area (Å²) in [6.45, 7) is 3.10. The van der Waals surface area contributed by atoms with Crippen LogP contribution in [0.25, 0.3) is 11.0 Å². The molecule has 8 heteroatoms. The van der Waals surface area contributed by atoms with Gasteiger partial charge in [0.15, 0.2) is 5.76 Å². The quantitative estimate of drug-likeness (QED) is 0.658. The third-order valence-electron chi connectivity index (χ3n) is 5.21. The predicted octanol–water partition coefficient (Wildman–Crippen LogP) is 4.11. The molecule has 1 aromatic heterocycles. The molecule has 1 aliphatic rings. The third kappa shape index (κ3) is 3.77. The monoisotopic (exact) mass is 432 g/mol. The van der Waals surface area contributed by atoms with Crippen molar-refractivity contribution in [1.29, 1.82) is 0 Å². The minimum absolute atomic E-state index is 0.169. The van der Waals surface area contributed by atoms with Crippen molar-refractivity contribution in [2.24, 2.45) is 0 Å². The normalized spacial score (nSPS) is 15.1. The van der Waals surface area contributed by atoms with E-state index in [2.05, 4.69) is 5.32 Å². The van der Waals surface area contributed by atoms with E-state index in [1.165, 1.54) is 10.4 Å². The fourth-order valence-electron chi connectivity index (χ4n) is 3.55. The molecule has 29 heavy (non-hydrogen) atoms. The number of carbonyl (C=O) groups is 1. The standard InChI is InChI=1S/C21H21ClN2O4S/c1-14-17-12-16(29(26,27)24-10-4-5-11-24)8-9-19(17)28-20(14)21(25)23-13-15-6-2-3-7-18(15)22/h2-3,6-9,12H,4-5,10-11,13H2,1H3,(H,23,25). The van der Waals surface area contributed by atoms with E-state index in [1.807, 2.05) is 18.2 Å². The van der Waals surface area contributed by atoms with Crippen LogP contribution in [0.15, 0.2) is 51.8 Å². The van der Waals surface area contributed by atoms with Gasteiger partial charge in [0, 0.05) is 35.6 Å². The fraction of sp³-hybridized carbons (Fsp3) is 0.286. The Morgan fingerprint density at radius 2 is 1.90 bits per heavy atom. The summed E-state index contributed by atoms with van der Waals surface area (Å²) in [7, 11) is -3.53. The van der Waals surface area contributed by atoms with E-state index in [0.29, 0.717) is 34.6 Å². The summed E-state index contributed by atoms with van der Waals surface area (Å²) in [6.07, 6.45) is 1.75. The van der Waals surface area contributed by atoms with Gasteiger partial charge >= 0.3 is 0 Å². The lowest BCUT2D eigenvalue weighted by atomic mass is 10.1. The molecule has 6 nitrogen and oxygen atoms in total. The fourth-order valence-corrected chi connectivity index (χ4v) is 5.30. The van der Waals surface area contributed by atoms with Crippen molar-refractivity contribution < 1.29 is 17.6 Å². The first-order chi connectivity index (χ1) is 13.9. The van der Waals surface area contributed by atoms with E-state index >= 15 is 0 Å². The van der Waals surface area contributed by atoms with Gasteiger partial charge in [-0.15, -0.1) is 0 Å². The molecule has 0 bridgehead atoms. The Morgan fingerprint density at radius 3 is 2.62 bits per heavy atom. The van der Waals surface area contributed by atoms with Crippen molar-refractivity contribution in [1.82, 2.24) is 9.62 Å². The molecule has 1 amide bonds. The maximum atomic E-state index is 12.8. The van der Waals surface area contributed by atoms with Crippen LogP contribution in [-0.4, -0.2) is 31.7 Å². The largest absolute Gasteiger partial charge is 0.451 e. The van der Waals surface area contributed by atoms with E-state index < -0.39 is 10.0 Å². The summed E-state index contributed by atoms with van der Waals surface area (Å²) in [4.78, 5) is 12.9. The Bertz CT molecular complexity index is 1180. The summed E-state index contributed by atoms with van der Waals surface area (Å²) in [5, 5.41) is 4.00. The topological polar surface area (TPSA) is 79.6 Å². The molecule has 1 fully saturated rings. The Kier molecular flexibility index (Phi) is 5.38.